The van der Waals surface area contributed by atoms with Gasteiger partial charge < -0.3 is 14.5 Å². The quantitative estimate of drug-likeness (QED) is 0.669. The number of hydrogen-bond acceptors (Lipinski definition) is 3. The van der Waals surface area contributed by atoms with Gasteiger partial charge in [0.15, 0.2) is 0 Å². The number of nitrogens with one attached hydrogen (secondary N) is 1. The molecule has 0 atom stereocenters. The lowest BCUT2D eigenvalue weighted by atomic mass is 10.2. The molecule has 0 bridgehead atoms. The van der Waals surface area contributed by atoms with E-state index in [0.717, 1.165) is 38.5 Å². The summed E-state index contributed by atoms with van der Waals surface area (Å²) < 4.78 is 10.7. The maximum atomic E-state index is 5.45. The molecule has 0 unspecified atom stereocenters. The standard InChI is InChI=1S/C12H21NO2/c1-11(2)10-14-9-7-13-6-5-12-4-3-8-15-12/h3-4,8,11,13H,5-7,9-10H2,1-2H3. The zero-order valence-electron chi connectivity index (χ0n) is 9.66. The molecule has 0 saturated carbocycles. The second kappa shape index (κ2) is 7.49. The summed E-state index contributed by atoms with van der Waals surface area (Å²) in [6.45, 7) is 7.80. The van der Waals surface area contributed by atoms with E-state index in [4.69, 9.17) is 9.15 Å². The fourth-order valence-electron chi connectivity index (χ4n) is 1.25. The molecule has 0 saturated heterocycles. The van der Waals surface area contributed by atoms with E-state index in [1.165, 1.54) is 0 Å². The fraction of sp³-hybridized carbons (Fsp3) is 0.667. The van der Waals surface area contributed by atoms with Crippen molar-refractivity contribution in [3.63, 3.8) is 0 Å². The maximum Gasteiger partial charge on any atom is 0.105 e. The Balaban J connectivity index is 1.85. The van der Waals surface area contributed by atoms with Crippen LogP contribution in [0.25, 0.3) is 0 Å². The van der Waals surface area contributed by atoms with Crippen LogP contribution in [0.5, 0.6) is 0 Å². The molecule has 1 N–H and O–H groups in total. The third-order valence-electron chi connectivity index (χ3n) is 2.00. The molecule has 1 heterocycles. The summed E-state index contributed by atoms with van der Waals surface area (Å²) in [5.41, 5.74) is 0. The fourth-order valence-corrected chi connectivity index (χ4v) is 1.25. The van der Waals surface area contributed by atoms with Crippen molar-refractivity contribution in [2.75, 3.05) is 26.3 Å². The number of rotatable bonds is 8. The molecule has 1 aromatic heterocycles. The Kier molecular flexibility index (Phi) is 6.12. The highest BCUT2D eigenvalue weighted by Crippen LogP contribution is 1.99. The first-order valence-electron chi connectivity index (χ1n) is 5.60. The van der Waals surface area contributed by atoms with Gasteiger partial charge in [-0.3, -0.25) is 0 Å². The van der Waals surface area contributed by atoms with Crippen molar-refractivity contribution < 1.29 is 9.15 Å². The smallest absolute Gasteiger partial charge is 0.105 e. The van der Waals surface area contributed by atoms with Crippen LogP contribution in [0.15, 0.2) is 22.8 Å². The van der Waals surface area contributed by atoms with Gasteiger partial charge in [0.05, 0.1) is 12.9 Å². The molecular formula is C12H21NO2. The van der Waals surface area contributed by atoms with Gasteiger partial charge in [-0.1, -0.05) is 13.8 Å². The second-order valence-corrected chi connectivity index (χ2v) is 4.05. The minimum Gasteiger partial charge on any atom is -0.469 e. The normalized spacial score (nSPS) is 11.1. The minimum absolute atomic E-state index is 0.619. The van der Waals surface area contributed by atoms with E-state index in [0.29, 0.717) is 5.92 Å². The zero-order chi connectivity index (χ0) is 10.9. The van der Waals surface area contributed by atoms with E-state index in [1.54, 1.807) is 6.26 Å². The van der Waals surface area contributed by atoms with Crippen LogP contribution in [0.1, 0.15) is 19.6 Å². The van der Waals surface area contributed by atoms with Gasteiger partial charge in [0.25, 0.3) is 0 Å². The molecular weight excluding hydrogens is 190 g/mol. The number of ether oxygens (including phenoxy) is 1. The minimum atomic E-state index is 0.619. The van der Waals surface area contributed by atoms with Crippen LogP contribution in [-0.2, 0) is 11.2 Å². The van der Waals surface area contributed by atoms with E-state index in [2.05, 4.69) is 19.2 Å². The molecule has 0 amide bonds. The largest absolute Gasteiger partial charge is 0.469 e. The van der Waals surface area contributed by atoms with Crippen molar-refractivity contribution in [2.24, 2.45) is 5.92 Å². The van der Waals surface area contributed by atoms with Crippen LogP contribution in [0.4, 0.5) is 0 Å². The predicted molar refractivity (Wildman–Crippen MR) is 60.9 cm³/mol. The summed E-state index contributed by atoms with van der Waals surface area (Å²) in [4.78, 5) is 0. The first kappa shape index (κ1) is 12.3. The molecule has 0 fully saturated rings. The van der Waals surface area contributed by atoms with E-state index in [9.17, 15) is 0 Å². The van der Waals surface area contributed by atoms with Gasteiger partial charge in [0.1, 0.15) is 5.76 Å². The van der Waals surface area contributed by atoms with E-state index in [-0.39, 0.29) is 0 Å². The molecule has 0 aliphatic carbocycles. The monoisotopic (exact) mass is 211 g/mol. The van der Waals surface area contributed by atoms with Crippen LogP contribution in [0, 0.1) is 5.92 Å². The van der Waals surface area contributed by atoms with Gasteiger partial charge in [-0.05, 0) is 18.1 Å². The van der Waals surface area contributed by atoms with Gasteiger partial charge in [-0.2, -0.15) is 0 Å². The molecule has 0 aliphatic heterocycles. The maximum absolute atomic E-state index is 5.45. The van der Waals surface area contributed by atoms with Crippen molar-refractivity contribution in [2.45, 2.75) is 20.3 Å². The van der Waals surface area contributed by atoms with E-state index in [1.807, 2.05) is 12.1 Å². The molecule has 15 heavy (non-hydrogen) atoms. The Morgan fingerprint density at radius 3 is 2.93 bits per heavy atom. The summed E-state index contributed by atoms with van der Waals surface area (Å²) in [5.74, 6) is 1.65. The molecule has 0 radical (unpaired) electrons. The van der Waals surface area contributed by atoms with Gasteiger partial charge >= 0.3 is 0 Å². The van der Waals surface area contributed by atoms with Gasteiger partial charge in [-0.15, -0.1) is 0 Å². The van der Waals surface area contributed by atoms with Crippen molar-refractivity contribution in [1.29, 1.82) is 0 Å². The molecule has 3 nitrogen and oxygen atoms in total. The van der Waals surface area contributed by atoms with E-state index < -0.39 is 0 Å². The first-order chi connectivity index (χ1) is 7.29. The van der Waals surface area contributed by atoms with Crippen molar-refractivity contribution in [3.05, 3.63) is 24.2 Å². The molecule has 0 aromatic carbocycles. The molecule has 3 heteroatoms. The van der Waals surface area contributed by atoms with Gasteiger partial charge in [0.2, 0.25) is 0 Å². The molecule has 1 aromatic rings. The van der Waals surface area contributed by atoms with Gasteiger partial charge in [0, 0.05) is 26.1 Å². The van der Waals surface area contributed by atoms with Crippen molar-refractivity contribution in [1.82, 2.24) is 5.32 Å². The third kappa shape index (κ3) is 6.31. The number of hydrogen-bond donors (Lipinski definition) is 1. The average molecular weight is 211 g/mol. The van der Waals surface area contributed by atoms with Crippen molar-refractivity contribution >= 4 is 0 Å². The zero-order valence-corrected chi connectivity index (χ0v) is 9.66. The topological polar surface area (TPSA) is 34.4 Å². The lowest BCUT2D eigenvalue weighted by Gasteiger charge is -2.07. The van der Waals surface area contributed by atoms with E-state index >= 15 is 0 Å². The highest BCUT2D eigenvalue weighted by atomic mass is 16.5. The van der Waals surface area contributed by atoms with Crippen LogP contribution < -0.4 is 5.32 Å². The average Bonchev–Trinajstić information content (AvgIpc) is 2.68. The highest BCUT2D eigenvalue weighted by Gasteiger charge is 1.95. The Morgan fingerprint density at radius 1 is 1.40 bits per heavy atom. The Hall–Kier alpha value is -0.800. The van der Waals surface area contributed by atoms with Crippen LogP contribution in [-0.4, -0.2) is 26.3 Å². The lowest BCUT2D eigenvalue weighted by molar-refractivity contribution is 0.112. The lowest BCUT2D eigenvalue weighted by Crippen LogP contribution is -2.22. The third-order valence-corrected chi connectivity index (χ3v) is 2.00. The summed E-state index contributed by atoms with van der Waals surface area (Å²) in [6, 6.07) is 3.91. The second-order valence-electron chi connectivity index (χ2n) is 4.05. The van der Waals surface area contributed by atoms with Crippen molar-refractivity contribution in [3.8, 4) is 0 Å². The predicted octanol–water partition coefficient (Wildman–Crippen LogP) is 2.08. The highest BCUT2D eigenvalue weighted by molar-refractivity contribution is 4.98. The van der Waals surface area contributed by atoms with Crippen LogP contribution in [0.3, 0.4) is 0 Å². The molecule has 1 rings (SSSR count). The summed E-state index contributed by atoms with van der Waals surface area (Å²) in [5, 5.41) is 3.31. The molecule has 0 aliphatic rings. The number of furan rings is 1. The van der Waals surface area contributed by atoms with Gasteiger partial charge in [-0.25, -0.2) is 0 Å². The first-order valence-corrected chi connectivity index (χ1v) is 5.60. The SMILES string of the molecule is CC(C)COCCNCCc1ccco1. The summed E-state index contributed by atoms with van der Waals surface area (Å²) in [7, 11) is 0. The summed E-state index contributed by atoms with van der Waals surface area (Å²) in [6.07, 6.45) is 2.65. The Labute approximate surface area is 91.8 Å². The van der Waals surface area contributed by atoms with Crippen LogP contribution in [0.2, 0.25) is 0 Å². The Morgan fingerprint density at radius 2 is 2.27 bits per heavy atom. The Bertz CT molecular complexity index is 232. The summed E-state index contributed by atoms with van der Waals surface area (Å²) >= 11 is 0. The molecule has 0 spiro atoms. The van der Waals surface area contributed by atoms with Crippen LogP contribution >= 0.6 is 0 Å². The molecule has 86 valence electrons.